The number of aryl methyl sites for hydroxylation is 1. The van der Waals surface area contributed by atoms with Crippen LogP contribution in [-0.4, -0.2) is 40.4 Å². The van der Waals surface area contributed by atoms with Crippen LogP contribution in [0, 0.1) is 10.1 Å². The minimum Gasteiger partial charge on any atom is -0.381 e. The van der Waals surface area contributed by atoms with Gasteiger partial charge in [0, 0.05) is 32.7 Å². The molecule has 1 heterocycles. The fourth-order valence-electron chi connectivity index (χ4n) is 2.36. The molecule has 0 radical (unpaired) electrons. The fourth-order valence-corrected chi connectivity index (χ4v) is 2.36. The third-order valence-electron chi connectivity index (χ3n) is 3.83. The average molecular weight is 354 g/mol. The highest BCUT2D eigenvalue weighted by molar-refractivity contribution is 5.75. The van der Waals surface area contributed by atoms with E-state index in [1.165, 1.54) is 49.2 Å². The van der Waals surface area contributed by atoms with Crippen molar-refractivity contribution >= 4 is 11.6 Å². The van der Waals surface area contributed by atoms with Gasteiger partial charge in [0.15, 0.2) is 0 Å². The zero-order valence-corrected chi connectivity index (χ0v) is 15.1. The molecule has 0 aliphatic carbocycles. The number of nitrogens with one attached hydrogen (secondary N) is 1. The van der Waals surface area contributed by atoms with Crippen LogP contribution in [0.25, 0.3) is 0 Å². The van der Waals surface area contributed by atoms with E-state index in [-0.39, 0.29) is 18.0 Å². The van der Waals surface area contributed by atoms with Gasteiger partial charge in [0.25, 0.3) is 0 Å². The Hall–Kier alpha value is -1.96. The summed E-state index contributed by atoms with van der Waals surface area (Å²) in [5.74, 6) is -0.0888. The molecule has 8 nitrogen and oxygen atoms in total. The zero-order valence-electron chi connectivity index (χ0n) is 15.1. The lowest BCUT2D eigenvalue weighted by Gasteiger charge is -2.06. The molecule has 1 rings (SSSR count). The van der Waals surface area contributed by atoms with E-state index in [0.717, 1.165) is 19.4 Å². The van der Waals surface area contributed by atoms with Crippen molar-refractivity contribution < 1.29 is 14.5 Å². The van der Waals surface area contributed by atoms with Crippen molar-refractivity contribution in [3.8, 4) is 0 Å². The number of amides is 1. The van der Waals surface area contributed by atoms with Gasteiger partial charge in [-0.3, -0.25) is 19.6 Å². The Labute approximate surface area is 149 Å². The van der Waals surface area contributed by atoms with Crippen molar-refractivity contribution in [3.63, 3.8) is 0 Å². The van der Waals surface area contributed by atoms with Gasteiger partial charge >= 0.3 is 5.69 Å². The highest BCUT2D eigenvalue weighted by atomic mass is 16.6. The van der Waals surface area contributed by atoms with Crippen molar-refractivity contribution in [2.75, 3.05) is 19.8 Å². The van der Waals surface area contributed by atoms with Gasteiger partial charge in [0.1, 0.15) is 12.4 Å². The molecule has 1 aromatic rings. The number of rotatable bonds is 15. The van der Waals surface area contributed by atoms with Crippen LogP contribution in [0.2, 0.25) is 0 Å². The van der Waals surface area contributed by atoms with E-state index in [9.17, 15) is 14.9 Å². The molecule has 0 fully saturated rings. The summed E-state index contributed by atoms with van der Waals surface area (Å²) in [5, 5.41) is 17.2. The van der Waals surface area contributed by atoms with E-state index in [0.29, 0.717) is 19.7 Å². The van der Waals surface area contributed by atoms with E-state index >= 15 is 0 Å². The molecule has 8 heteroatoms. The van der Waals surface area contributed by atoms with Gasteiger partial charge in [-0.25, -0.2) is 0 Å². The van der Waals surface area contributed by atoms with E-state index in [4.69, 9.17) is 4.74 Å². The quantitative estimate of drug-likeness (QED) is 0.296. The zero-order chi connectivity index (χ0) is 18.3. The van der Waals surface area contributed by atoms with Crippen molar-refractivity contribution in [2.45, 2.75) is 64.8 Å². The third-order valence-corrected chi connectivity index (χ3v) is 3.83. The molecule has 0 aliphatic heterocycles. The fraction of sp³-hybridized carbons (Fsp3) is 0.765. The number of carbonyl (C=O) groups excluding carboxylic acids is 1. The summed E-state index contributed by atoms with van der Waals surface area (Å²) in [6.45, 7) is 4.56. The normalized spacial score (nSPS) is 10.8. The van der Waals surface area contributed by atoms with Crippen molar-refractivity contribution in [1.82, 2.24) is 15.1 Å². The lowest BCUT2D eigenvalue weighted by atomic mass is 10.1. The first kappa shape index (κ1) is 21.1. The molecule has 0 saturated heterocycles. The molecule has 0 spiro atoms. The maximum atomic E-state index is 11.7. The van der Waals surface area contributed by atoms with E-state index in [1.54, 1.807) is 0 Å². The standard InChI is InChI=1S/C17H30N4O4/c1-2-3-4-5-6-7-12-25-13-8-10-18-17(22)9-11-20-15-16(14-19-20)21(23)24/h14-15H,2-13H2,1H3,(H,18,22). The maximum absolute atomic E-state index is 11.7. The predicted octanol–water partition coefficient (Wildman–Crippen LogP) is 3.06. The highest BCUT2D eigenvalue weighted by Gasteiger charge is 2.09. The average Bonchev–Trinajstić information content (AvgIpc) is 3.07. The summed E-state index contributed by atoms with van der Waals surface area (Å²) in [4.78, 5) is 21.7. The molecule has 1 N–H and O–H groups in total. The molecule has 0 saturated carbocycles. The van der Waals surface area contributed by atoms with Crippen LogP contribution in [-0.2, 0) is 16.1 Å². The first-order chi connectivity index (χ1) is 12.1. The summed E-state index contributed by atoms with van der Waals surface area (Å²) in [7, 11) is 0. The minimum absolute atomic E-state index is 0.0667. The van der Waals surface area contributed by atoms with Crippen molar-refractivity contribution in [3.05, 3.63) is 22.5 Å². The summed E-state index contributed by atoms with van der Waals surface area (Å²) < 4.78 is 6.95. The highest BCUT2D eigenvalue weighted by Crippen LogP contribution is 2.08. The Morgan fingerprint density at radius 2 is 1.96 bits per heavy atom. The predicted molar refractivity (Wildman–Crippen MR) is 95.3 cm³/mol. The van der Waals surface area contributed by atoms with Gasteiger partial charge in [0.05, 0.1) is 4.92 Å². The Bertz CT molecular complexity index is 505. The van der Waals surface area contributed by atoms with E-state index in [1.807, 2.05) is 0 Å². The van der Waals surface area contributed by atoms with Crippen molar-refractivity contribution in [1.29, 1.82) is 0 Å². The summed E-state index contributed by atoms with van der Waals surface area (Å²) in [6, 6.07) is 0. The first-order valence-electron chi connectivity index (χ1n) is 9.14. The molecule has 1 aromatic heterocycles. The molecule has 142 valence electrons. The number of hydrogen-bond donors (Lipinski definition) is 1. The number of unbranched alkanes of at least 4 members (excludes halogenated alkanes) is 5. The molecular weight excluding hydrogens is 324 g/mol. The Balaban J connectivity index is 1.92. The summed E-state index contributed by atoms with van der Waals surface area (Å²) in [5.41, 5.74) is -0.0667. The van der Waals surface area contributed by atoms with Crippen LogP contribution >= 0.6 is 0 Å². The van der Waals surface area contributed by atoms with Gasteiger partial charge < -0.3 is 10.1 Å². The minimum atomic E-state index is -0.505. The van der Waals surface area contributed by atoms with Crippen LogP contribution in [0.1, 0.15) is 58.3 Å². The third kappa shape index (κ3) is 10.5. The number of aromatic nitrogens is 2. The molecule has 0 unspecified atom stereocenters. The number of nitrogens with zero attached hydrogens (tertiary/aromatic N) is 3. The Kier molecular flexibility index (Phi) is 11.3. The van der Waals surface area contributed by atoms with Gasteiger partial charge in [-0.1, -0.05) is 39.0 Å². The van der Waals surface area contributed by atoms with Crippen molar-refractivity contribution in [2.24, 2.45) is 0 Å². The van der Waals surface area contributed by atoms with Gasteiger partial charge in [-0.05, 0) is 12.8 Å². The number of carbonyl (C=O) groups is 1. The van der Waals surface area contributed by atoms with Crippen LogP contribution in [0.4, 0.5) is 5.69 Å². The van der Waals surface area contributed by atoms with Crippen LogP contribution in [0.5, 0.6) is 0 Å². The topological polar surface area (TPSA) is 99.3 Å². The van der Waals surface area contributed by atoms with Crippen LogP contribution in [0.15, 0.2) is 12.4 Å². The molecular formula is C17H30N4O4. The SMILES string of the molecule is CCCCCCCCOCCCNC(=O)CCn1cc([N+](=O)[O-])cn1. The Morgan fingerprint density at radius 1 is 1.24 bits per heavy atom. The number of hydrogen-bond acceptors (Lipinski definition) is 5. The maximum Gasteiger partial charge on any atom is 0.306 e. The van der Waals surface area contributed by atoms with Crippen LogP contribution in [0.3, 0.4) is 0 Å². The monoisotopic (exact) mass is 354 g/mol. The van der Waals surface area contributed by atoms with Crippen LogP contribution < -0.4 is 5.32 Å². The second kappa shape index (κ2) is 13.3. The molecule has 0 atom stereocenters. The second-order valence-electron chi connectivity index (χ2n) is 6.05. The first-order valence-corrected chi connectivity index (χ1v) is 9.14. The lowest BCUT2D eigenvalue weighted by molar-refractivity contribution is -0.385. The summed E-state index contributed by atoms with van der Waals surface area (Å²) >= 11 is 0. The Morgan fingerprint density at radius 3 is 2.68 bits per heavy atom. The molecule has 25 heavy (non-hydrogen) atoms. The summed E-state index contributed by atoms with van der Waals surface area (Å²) in [6.07, 6.45) is 11.0. The van der Waals surface area contributed by atoms with Gasteiger partial charge in [0.2, 0.25) is 5.91 Å². The number of ether oxygens (including phenoxy) is 1. The molecule has 0 aromatic carbocycles. The largest absolute Gasteiger partial charge is 0.381 e. The lowest BCUT2D eigenvalue weighted by Crippen LogP contribution is -2.26. The van der Waals surface area contributed by atoms with E-state index in [2.05, 4.69) is 17.3 Å². The number of nitro groups is 1. The second-order valence-corrected chi connectivity index (χ2v) is 6.05. The van der Waals surface area contributed by atoms with E-state index < -0.39 is 4.92 Å². The van der Waals surface area contributed by atoms with Gasteiger partial charge in [-0.2, -0.15) is 5.10 Å². The van der Waals surface area contributed by atoms with Gasteiger partial charge in [-0.15, -0.1) is 0 Å². The molecule has 0 bridgehead atoms. The molecule has 1 amide bonds. The smallest absolute Gasteiger partial charge is 0.306 e. The molecule has 0 aliphatic rings.